The van der Waals surface area contributed by atoms with E-state index in [2.05, 4.69) is 0 Å². The highest BCUT2D eigenvalue weighted by Gasteiger charge is 2.13. The van der Waals surface area contributed by atoms with Crippen LogP contribution in [0.3, 0.4) is 0 Å². The molecule has 1 amide bonds. The van der Waals surface area contributed by atoms with Crippen molar-refractivity contribution in [1.29, 1.82) is 0 Å². The van der Waals surface area contributed by atoms with Gasteiger partial charge in [-0.25, -0.2) is 0 Å². The highest BCUT2D eigenvalue weighted by molar-refractivity contribution is 7.99. The quantitative estimate of drug-likeness (QED) is 0.920. The molecule has 0 aliphatic rings. The molecule has 92 valence electrons. The van der Waals surface area contributed by atoms with Crippen LogP contribution in [0.5, 0.6) is 0 Å². The van der Waals surface area contributed by atoms with Crippen LogP contribution in [0.1, 0.15) is 10.4 Å². The average molecular weight is 298 g/mol. The van der Waals surface area contributed by atoms with Gasteiger partial charge >= 0.3 is 0 Å². The second-order valence-corrected chi connectivity index (χ2v) is 5.49. The highest BCUT2D eigenvalue weighted by Crippen LogP contribution is 2.33. The maximum absolute atomic E-state index is 11.4. The SMILES string of the molecule is NC(=O)c1c(Cl)cccc1Sc1ccc(Cl)cc1. The second-order valence-electron chi connectivity index (χ2n) is 3.53. The van der Waals surface area contributed by atoms with E-state index in [1.54, 1.807) is 24.3 Å². The first kappa shape index (κ1) is 13.3. The Kier molecular flexibility index (Phi) is 4.17. The Hall–Kier alpha value is -1.16. The summed E-state index contributed by atoms with van der Waals surface area (Å²) in [6.07, 6.45) is 0. The number of halogens is 2. The van der Waals surface area contributed by atoms with Crippen molar-refractivity contribution >= 4 is 40.9 Å². The van der Waals surface area contributed by atoms with Crippen LogP contribution >= 0.6 is 35.0 Å². The monoisotopic (exact) mass is 297 g/mol. The molecule has 0 saturated heterocycles. The third kappa shape index (κ3) is 2.99. The molecule has 2 aromatic rings. The molecule has 2 aromatic carbocycles. The maximum Gasteiger partial charge on any atom is 0.251 e. The molecule has 0 aliphatic carbocycles. The van der Waals surface area contributed by atoms with E-state index in [4.69, 9.17) is 28.9 Å². The Balaban J connectivity index is 2.37. The Morgan fingerprint density at radius 2 is 1.72 bits per heavy atom. The molecule has 0 atom stereocenters. The number of hydrogen-bond donors (Lipinski definition) is 1. The van der Waals surface area contributed by atoms with E-state index in [1.165, 1.54) is 11.8 Å². The van der Waals surface area contributed by atoms with Gasteiger partial charge in [-0.15, -0.1) is 0 Å². The molecule has 18 heavy (non-hydrogen) atoms. The molecule has 2 nitrogen and oxygen atoms in total. The molecule has 0 spiro atoms. The van der Waals surface area contributed by atoms with Gasteiger partial charge in [0.25, 0.3) is 5.91 Å². The predicted molar refractivity (Wildman–Crippen MR) is 75.5 cm³/mol. The van der Waals surface area contributed by atoms with E-state index in [9.17, 15) is 4.79 Å². The molecule has 0 bridgehead atoms. The lowest BCUT2D eigenvalue weighted by atomic mass is 10.2. The van der Waals surface area contributed by atoms with Crippen LogP contribution in [0.2, 0.25) is 10.0 Å². The van der Waals surface area contributed by atoms with Gasteiger partial charge in [0, 0.05) is 14.8 Å². The molecule has 0 radical (unpaired) electrons. The molecule has 0 fully saturated rings. The number of amides is 1. The summed E-state index contributed by atoms with van der Waals surface area (Å²) in [5.74, 6) is -0.530. The molecule has 0 unspecified atom stereocenters. The number of carbonyl (C=O) groups is 1. The summed E-state index contributed by atoms with van der Waals surface area (Å²) in [6, 6.07) is 12.6. The number of rotatable bonds is 3. The summed E-state index contributed by atoms with van der Waals surface area (Å²) >= 11 is 13.2. The van der Waals surface area contributed by atoms with Gasteiger partial charge in [-0.05, 0) is 36.4 Å². The van der Waals surface area contributed by atoms with Gasteiger partial charge in [-0.1, -0.05) is 41.0 Å². The predicted octanol–water partition coefficient (Wildman–Crippen LogP) is 4.24. The molecule has 0 saturated carbocycles. The van der Waals surface area contributed by atoms with Crippen LogP contribution in [0.25, 0.3) is 0 Å². The Morgan fingerprint density at radius 1 is 1.06 bits per heavy atom. The zero-order valence-electron chi connectivity index (χ0n) is 9.19. The smallest absolute Gasteiger partial charge is 0.251 e. The summed E-state index contributed by atoms with van der Waals surface area (Å²) in [6.45, 7) is 0. The normalized spacial score (nSPS) is 10.3. The van der Waals surface area contributed by atoms with Gasteiger partial charge in [0.05, 0.1) is 10.6 Å². The summed E-state index contributed by atoms with van der Waals surface area (Å²) in [4.78, 5) is 13.1. The minimum atomic E-state index is -0.530. The third-order valence-electron chi connectivity index (χ3n) is 2.26. The minimum absolute atomic E-state index is 0.346. The van der Waals surface area contributed by atoms with Gasteiger partial charge in [0.15, 0.2) is 0 Å². The molecule has 0 aromatic heterocycles. The summed E-state index contributed by atoms with van der Waals surface area (Å²) in [5, 5.41) is 1.03. The van der Waals surface area contributed by atoms with Gasteiger partial charge in [0.2, 0.25) is 0 Å². The summed E-state index contributed by atoms with van der Waals surface area (Å²) in [7, 11) is 0. The fourth-order valence-electron chi connectivity index (χ4n) is 1.46. The Labute approximate surface area is 119 Å². The highest BCUT2D eigenvalue weighted by atomic mass is 35.5. The molecular weight excluding hydrogens is 289 g/mol. The first-order chi connectivity index (χ1) is 8.58. The van der Waals surface area contributed by atoms with Crippen molar-refractivity contribution in [2.24, 2.45) is 5.73 Å². The van der Waals surface area contributed by atoms with E-state index < -0.39 is 5.91 Å². The maximum atomic E-state index is 11.4. The van der Waals surface area contributed by atoms with Crippen molar-refractivity contribution < 1.29 is 4.79 Å². The fraction of sp³-hybridized carbons (Fsp3) is 0. The number of carbonyl (C=O) groups excluding carboxylic acids is 1. The molecule has 2 N–H and O–H groups in total. The molecular formula is C13H9Cl2NOS. The van der Waals surface area contributed by atoms with Crippen LogP contribution in [0.4, 0.5) is 0 Å². The molecule has 0 aliphatic heterocycles. The third-order valence-corrected chi connectivity index (χ3v) is 3.90. The summed E-state index contributed by atoms with van der Waals surface area (Å²) in [5.41, 5.74) is 5.68. The van der Waals surface area contributed by atoms with Gasteiger partial charge in [-0.2, -0.15) is 0 Å². The van der Waals surface area contributed by atoms with Crippen molar-refractivity contribution in [3.05, 3.63) is 58.1 Å². The first-order valence-electron chi connectivity index (χ1n) is 5.09. The zero-order valence-corrected chi connectivity index (χ0v) is 11.5. The number of nitrogens with two attached hydrogens (primary N) is 1. The van der Waals surface area contributed by atoms with Crippen LogP contribution in [-0.4, -0.2) is 5.91 Å². The van der Waals surface area contributed by atoms with E-state index in [-0.39, 0.29) is 0 Å². The number of benzene rings is 2. The van der Waals surface area contributed by atoms with E-state index in [0.29, 0.717) is 15.6 Å². The lowest BCUT2D eigenvalue weighted by Gasteiger charge is -2.08. The van der Waals surface area contributed by atoms with Gasteiger partial charge in [0.1, 0.15) is 0 Å². The van der Waals surface area contributed by atoms with Crippen LogP contribution in [-0.2, 0) is 0 Å². The molecule has 5 heteroatoms. The van der Waals surface area contributed by atoms with Crippen molar-refractivity contribution in [1.82, 2.24) is 0 Å². The van der Waals surface area contributed by atoms with Gasteiger partial charge in [-0.3, -0.25) is 4.79 Å². The lowest BCUT2D eigenvalue weighted by Crippen LogP contribution is -2.12. The van der Waals surface area contributed by atoms with E-state index >= 15 is 0 Å². The Morgan fingerprint density at radius 3 is 2.33 bits per heavy atom. The minimum Gasteiger partial charge on any atom is -0.366 e. The Bertz CT molecular complexity index is 584. The van der Waals surface area contributed by atoms with Crippen molar-refractivity contribution in [2.45, 2.75) is 9.79 Å². The van der Waals surface area contributed by atoms with Crippen molar-refractivity contribution in [3.8, 4) is 0 Å². The zero-order chi connectivity index (χ0) is 13.1. The molecule has 2 rings (SSSR count). The first-order valence-corrected chi connectivity index (χ1v) is 6.67. The van der Waals surface area contributed by atoms with Crippen molar-refractivity contribution in [2.75, 3.05) is 0 Å². The summed E-state index contributed by atoms with van der Waals surface area (Å²) < 4.78 is 0. The van der Waals surface area contributed by atoms with E-state index in [0.717, 1.165) is 9.79 Å². The van der Waals surface area contributed by atoms with Crippen LogP contribution in [0.15, 0.2) is 52.3 Å². The van der Waals surface area contributed by atoms with E-state index in [1.807, 2.05) is 18.2 Å². The standard InChI is InChI=1S/C13H9Cl2NOS/c14-8-4-6-9(7-5-8)18-11-3-1-2-10(15)12(11)13(16)17/h1-7H,(H2,16,17). The fourth-order valence-corrected chi connectivity index (χ4v) is 2.89. The topological polar surface area (TPSA) is 43.1 Å². The second kappa shape index (κ2) is 5.65. The largest absolute Gasteiger partial charge is 0.366 e. The van der Waals surface area contributed by atoms with Gasteiger partial charge < -0.3 is 5.73 Å². The lowest BCUT2D eigenvalue weighted by molar-refractivity contribution is 0.0997. The number of hydrogen-bond acceptors (Lipinski definition) is 2. The van der Waals surface area contributed by atoms with Crippen molar-refractivity contribution in [3.63, 3.8) is 0 Å². The number of primary amides is 1. The van der Waals surface area contributed by atoms with Crippen LogP contribution in [0, 0.1) is 0 Å². The molecule has 0 heterocycles. The average Bonchev–Trinajstić information content (AvgIpc) is 2.32. The van der Waals surface area contributed by atoms with Crippen LogP contribution < -0.4 is 5.73 Å².